The molecule has 0 spiro atoms. The summed E-state index contributed by atoms with van der Waals surface area (Å²) in [6.45, 7) is 1.14. The SMILES string of the molecule is CN(C)c1ccc(OC2CCN(C(=O)CCC(=O)c3ccccc3)C2)nn1. The second-order valence-electron chi connectivity index (χ2n) is 6.78. The van der Waals surface area contributed by atoms with E-state index in [9.17, 15) is 9.59 Å². The maximum atomic E-state index is 12.4. The average Bonchev–Trinajstić information content (AvgIpc) is 3.15. The zero-order chi connectivity index (χ0) is 19.2. The Morgan fingerprint density at radius 3 is 2.56 bits per heavy atom. The van der Waals surface area contributed by atoms with E-state index in [0.717, 1.165) is 12.2 Å². The first-order chi connectivity index (χ1) is 13.0. The number of hydrogen-bond acceptors (Lipinski definition) is 6. The van der Waals surface area contributed by atoms with Gasteiger partial charge in [0.05, 0.1) is 6.54 Å². The van der Waals surface area contributed by atoms with Gasteiger partial charge in [0.15, 0.2) is 11.6 Å². The zero-order valence-electron chi connectivity index (χ0n) is 15.7. The molecule has 0 radical (unpaired) electrons. The van der Waals surface area contributed by atoms with Crippen molar-refractivity contribution >= 4 is 17.5 Å². The molecule has 0 bridgehead atoms. The highest BCUT2D eigenvalue weighted by atomic mass is 16.5. The van der Waals surface area contributed by atoms with Crippen LogP contribution in [0.25, 0.3) is 0 Å². The first-order valence-electron chi connectivity index (χ1n) is 9.06. The van der Waals surface area contributed by atoms with Crippen LogP contribution in [-0.2, 0) is 4.79 Å². The molecule has 1 aliphatic rings. The predicted octanol–water partition coefficient (Wildman–Crippen LogP) is 2.19. The van der Waals surface area contributed by atoms with Crippen LogP contribution in [0.5, 0.6) is 5.88 Å². The lowest BCUT2D eigenvalue weighted by molar-refractivity contribution is -0.130. The number of rotatable bonds is 7. The molecule has 1 aromatic carbocycles. The van der Waals surface area contributed by atoms with Crippen molar-refractivity contribution in [3.05, 3.63) is 48.0 Å². The van der Waals surface area contributed by atoms with Gasteiger partial charge < -0.3 is 14.5 Å². The lowest BCUT2D eigenvalue weighted by Crippen LogP contribution is -2.31. The fourth-order valence-electron chi connectivity index (χ4n) is 2.98. The summed E-state index contributed by atoms with van der Waals surface area (Å²) in [6, 6.07) is 12.7. The second-order valence-corrected chi connectivity index (χ2v) is 6.78. The minimum Gasteiger partial charge on any atom is -0.471 e. The number of benzene rings is 1. The predicted molar refractivity (Wildman–Crippen MR) is 102 cm³/mol. The minimum atomic E-state index is -0.0988. The van der Waals surface area contributed by atoms with Gasteiger partial charge in [-0.3, -0.25) is 9.59 Å². The van der Waals surface area contributed by atoms with Crippen LogP contribution >= 0.6 is 0 Å². The quantitative estimate of drug-likeness (QED) is 0.698. The van der Waals surface area contributed by atoms with Gasteiger partial charge in [-0.05, 0) is 6.07 Å². The van der Waals surface area contributed by atoms with Crippen molar-refractivity contribution in [1.82, 2.24) is 15.1 Å². The third-order valence-corrected chi connectivity index (χ3v) is 4.53. The van der Waals surface area contributed by atoms with Crippen LogP contribution in [0.4, 0.5) is 5.82 Å². The normalized spacial score (nSPS) is 16.2. The highest BCUT2D eigenvalue weighted by molar-refractivity contribution is 5.97. The Labute approximate surface area is 158 Å². The van der Waals surface area contributed by atoms with E-state index >= 15 is 0 Å². The van der Waals surface area contributed by atoms with Crippen molar-refractivity contribution in [2.75, 3.05) is 32.1 Å². The fraction of sp³-hybridized carbons (Fsp3) is 0.400. The van der Waals surface area contributed by atoms with E-state index in [1.165, 1.54) is 0 Å². The number of amides is 1. The van der Waals surface area contributed by atoms with Crippen LogP contribution in [0, 0.1) is 0 Å². The van der Waals surface area contributed by atoms with Gasteiger partial charge in [0.2, 0.25) is 11.8 Å². The summed E-state index contributed by atoms with van der Waals surface area (Å²) in [5.41, 5.74) is 0.646. The van der Waals surface area contributed by atoms with Crippen molar-refractivity contribution in [2.45, 2.75) is 25.4 Å². The van der Waals surface area contributed by atoms with Crippen molar-refractivity contribution in [3.63, 3.8) is 0 Å². The van der Waals surface area contributed by atoms with Crippen LogP contribution < -0.4 is 9.64 Å². The number of carbonyl (C=O) groups excluding carboxylic acids is 2. The molecule has 27 heavy (non-hydrogen) atoms. The number of likely N-dealkylation sites (tertiary alicyclic amines) is 1. The molecule has 3 rings (SSSR count). The Morgan fingerprint density at radius 2 is 1.89 bits per heavy atom. The number of ketones is 1. The van der Waals surface area contributed by atoms with Crippen LogP contribution in [0.15, 0.2) is 42.5 Å². The summed E-state index contributed by atoms with van der Waals surface area (Å²) < 4.78 is 5.83. The number of hydrogen-bond donors (Lipinski definition) is 0. The Kier molecular flexibility index (Phi) is 6.01. The lowest BCUT2D eigenvalue weighted by Gasteiger charge is -2.17. The summed E-state index contributed by atoms with van der Waals surface area (Å²) in [7, 11) is 3.79. The molecule has 0 saturated carbocycles. The number of nitrogens with zero attached hydrogens (tertiary/aromatic N) is 4. The molecular formula is C20H24N4O3. The van der Waals surface area contributed by atoms with Gasteiger partial charge in [0.1, 0.15) is 6.10 Å². The van der Waals surface area contributed by atoms with Gasteiger partial charge >= 0.3 is 0 Å². The molecule has 142 valence electrons. The Balaban J connectivity index is 1.46. The van der Waals surface area contributed by atoms with E-state index < -0.39 is 0 Å². The fourth-order valence-corrected chi connectivity index (χ4v) is 2.98. The third-order valence-electron chi connectivity index (χ3n) is 4.53. The molecule has 2 heterocycles. The molecule has 1 saturated heterocycles. The van der Waals surface area contributed by atoms with E-state index in [2.05, 4.69) is 10.2 Å². The molecule has 1 fully saturated rings. The van der Waals surface area contributed by atoms with Gasteiger partial charge in [-0.15, -0.1) is 10.2 Å². The Hall–Kier alpha value is -2.96. The molecule has 1 amide bonds. The van der Waals surface area contributed by atoms with Gasteiger partial charge in [-0.1, -0.05) is 30.3 Å². The summed E-state index contributed by atoms with van der Waals surface area (Å²) in [5, 5.41) is 8.15. The van der Waals surface area contributed by atoms with Gasteiger partial charge in [0.25, 0.3) is 0 Å². The van der Waals surface area contributed by atoms with Crippen molar-refractivity contribution < 1.29 is 14.3 Å². The van der Waals surface area contributed by atoms with Crippen molar-refractivity contribution in [2.24, 2.45) is 0 Å². The topological polar surface area (TPSA) is 75.6 Å². The van der Waals surface area contributed by atoms with Crippen LogP contribution in [0.3, 0.4) is 0 Å². The molecule has 1 atom stereocenters. The number of carbonyl (C=O) groups is 2. The maximum Gasteiger partial charge on any atom is 0.233 e. The van der Waals surface area contributed by atoms with E-state index in [4.69, 9.17) is 4.74 Å². The Morgan fingerprint density at radius 1 is 1.11 bits per heavy atom. The summed E-state index contributed by atoms with van der Waals surface area (Å²) in [6.07, 6.45) is 1.09. The number of anilines is 1. The van der Waals surface area contributed by atoms with Gasteiger partial charge in [-0.25, -0.2) is 0 Å². The van der Waals surface area contributed by atoms with E-state index in [1.54, 1.807) is 23.1 Å². The molecule has 0 aliphatic carbocycles. The van der Waals surface area contributed by atoms with Crippen LogP contribution in [-0.4, -0.2) is 60.1 Å². The lowest BCUT2D eigenvalue weighted by atomic mass is 10.1. The summed E-state index contributed by atoms with van der Waals surface area (Å²) in [4.78, 5) is 28.1. The monoisotopic (exact) mass is 368 g/mol. The summed E-state index contributed by atoms with van der Waals surface area (Å²) >= 11 is 0. The smallest absolute Gasteiger partial charge is 0.233 e. The highest BCUT2D eigenvalue weighted by Gasteiger charge is 2.28. The largest absolute Gasteiger partial charge is 0.471 e. The van der Waals surface area contributed by atoms with E-state index in [-0.39, 0.29) is 30.6 Å². The molecule has 2 aromatic rings. The molecular weight excluding hydrogens is 344 g/mol. The van der Waals surface area contributed by atoms with Crippen molar-refractivity contribution in [1.29, 1.82) is 0 Å². The second kappa shape index (κ2) is 8.62. The summed E-state index contributed by atoms with van der Waals surface area (Å²) in [5.74, 6) is 1.19. The Bertz CT molecular complexity index is 778. The first kappa shape index (κ1) is 18.8. The van der Waals surface area contributed by atoms with Crippen molar-refractivity contribution in [3.8, 4) is 5.88 Å². The van der Waals surface area contributed by atoms with Crippen LogP contribution in [0.1, 0.15) is 29.6 Å². The highest BCUT2D eigenvalue weighted by Crippen LogP contribution is 2.18. The van der Waals surface area contributed by atoms with Gasteiger partial charge in [-0.2, -0.15) is 0 Å². The van der Waals surface area contributed by atoms with Crippen LogP contribution in [0.2, 0.25) is 0 Å². The molecule has 7 heteroatoms. The molecule has 1 aliphatic heterocycles. The van der Waals surface area contributed by atoms with E-state index in [1.807, 2.05) is 43.3 Å². The van der Waals surface area contributed by atoms with Gasteiger partial charge in [0, 0.05) is 51.5 Å². The average molecular weight is 368 g/mol. The molecule has 0 N–H and O–H groups in total. The number of ether oxygens (including phenoxy) is 1. The third kappa shape index (κ3) is 5.03. The number of aromatic nitrogens is 2. The maximum absolute atomic E-state index is 12.4. The minimum absolute atomic E-state index is 0.00722. The standard InChI is InChI=1S/C20H24N4O3/c1-23(2)18-9-10-19(22-21-18)27-16-12-13-24(14-16)20(26)11-8-17(25)15-6-4-3-5-7-15/h3-7,9-10,16H,8,11-14H2,1-2H3. The molecule has 7 nitrogen and oxygen atoms in total. The molecule has 1 unspecified atom stereocenters. The zero-order valence-corrected chi connectivity index (χ0v) is 15.7. The first-order valence-corrected chi connectivity index (χ1v) is 9.06. The number of Topliss-reactive ketones (excluding diaryl/α,β-unsaturated/α-hetero) is 1. The van der Waals surface area contributed by atoms with E-state index in [0.29, 0.717) is 24.5 Å². The molecule has 1 aromatic heterocycles.